The van der Waals surface area contributed by atoms with Crippen molar-refractivity contribution in [2.45, 2.75) is 6.54 Å². The Hall–Kier alpha value is -3.26. The first-order valence-corrected chi connectivity index (χ1v) is 7.34. The summed E-state index contributed by atoms with van der Waals surface area (Å²) in [7, 11) is 3.15. The Labute approximate surface area is 141 Å². The number of methoxy groups -OCH3 is 2. The number of hydrogen-bond donors (Lipinski definition) is 1. The quantitative estimate of drug-likeness (QED) is 0.830. The summed E-state index contributed by atoms with van der Waals surface area (Å²) in [6, 6.07) is 14.6. The number of ether oxygens (including phenoxy) is 2. The van der Waals surface area contributed by atoms with Crippen molar-refractivity contribution in [2.75, 3.05) is 14.2 Å². The number of carbonyl (C=O) groups is 1. The molecular formula is C19H18N2O3. The van der Waals surface area contributed by atoms with Gasteiger partial charge in [-0.3, -0.25) is 4.79 Å². The van der Waals surface area contributed by atoms with Crippen LogP contribution in [0.1, 0.15) is 16.7 Å². The Bertz CT molecular complexity index is 791. The van der Waals surface area contributed by atoms with Crippen LogP contribution in [0.15, 0.2) is 48.5 Å². The lowest BCUT2D eigenvalue weighted by atomic mass is 10.1. The smallest absolute Gasteiger partial charge is 0.244 e. The Morgan fingerprint density at radius 1 is 1.21 bits per heavy atom. The van der Waals surface area contributed by atoms with Crippen molar-refractivity contribution in [3.63, 3.8) is 0 Å². The molecule has 0 bridgehead atoms. The Kier molecular flexibility index (Phi) is 5.98. The summed E-state index contributed by atoms with van der Waals surface area (Å²) < 4.78 is 10.4. The van der Waals surface area contributed by atoms with Gasteiger partial charge >= 0.3 is 0 Å². The molecular weight excluding hydrogens is 304 g/mol. The molecule has 0 unspecified atom stereocenters. The van der Waals surface area contributed by atoms with Crippen LogP contribution in [0.25, 0.3) is 6.08 Å². The monoisotopic (exact) mass is 322 g/mol. The number of nitriles is 1. The van der Waals surface area contributed by atoms with E-state index in [2.05, 4.69) is 11.4 Å². The largest absolute Gasteiger partial charge is 0.497 e. The normalized spacial score (nSPS) is 10.2. The molecule has 0 saturated heterocycles. The maximum Gasteiger partial charge on any atom is 0.244 e. The van der Waals surface area contributed by atoms with Crippen LogP contribution in [-0.2, 0) is 11.3 Å². The first-order valence-electron chi connectivity index (χ1n) is 7.34. The molecule has 5 heteroatoms. The van der Waals surface area contributed by atoms with E-state index in [0.717, 1.165) is 5.56 Å². The molecule has 0 radical (unpaired) electrons. The Morgan fingerprint density at radius 3 is 2.71 bits per heavy atom. The number of nitrogens with one attached hydrogen (secondary N) is 1. The highest BCUT2D eigenvalue weighted by Gasteiger charge is 2.06. The second-order valence-corrected chi connectivity index (χ2v) is 4.93. The van der Waals surface area contributed by atoms with Gasteiger partial charge in [0.1, 0.15) is 11.5 Å². The van der Waals surface area contributed by atoms with Crippen LogP contribution in [0.4, 0.5) is 0 Å². The highest BCUT2D eigenvalue weighted by molar-refractivity contribution is 5.92. The SMILES string of the molecule is COc1ccc(CNC(=O)/C=C/c2ccccc2C#N)c(OC)c1. The molecule has 0 atom stereocenters. The van der Waals surface area contributed by atoms with Gasteiger partial charge in [-0.15, -0.1) is 0 Å². The van der Waals surface area contributed by atoms with Crippen molar-refractivity contribution in [1.82, 2.24) is 5.32 Å². The van der Waals surface area contributed by atoms with Gasteiger partial charge in [0.15, 0.2) is 0 Å². The van der Waals surface area contributed by atoms with Gasteiger partial charge in [-0.1, -0.05) is 18.2 Å². The molecule has 122 valence electrons. The first kappa shape index (κ1) is 17.1. The average Bonchev–Trinajstić information content (AvgIpc) is 2.64. The summed E-state index contributed by atoms with van der Waals surface area (Å²) in [4.78, 5) is 12.0. The van der Waals surface area contributed by atoms with Gasteiger partial charge in [-0.05, 0) is 29.8 Å². The molecule has 0 aromatic heterocycles. The van der Waals surface area contributed by atoms with Crippen molar-refractivity contribution in [2.24, 2.45) is 0 Å². The highest BCUT2D eigenvalue weighted by Crippen LogP contribution is 2.24. The van der Waals surface area contributed by atoms with Crippen molar-refractivity contribution in [3.8, 4) is 17.6 Å². The van der Waals surface area contributed by atoms with Crippen LogP contribution in [0.3, 0.4) is 0 Å². The summed E-state index contributed by atoms with van der Waals surface area (Å²) in [6.07, 6.45) is 3.03. The third kappa shape index (κ3) is 4.37. The summed E-state index contributed by atoms with van der Waals surface area (Å²) >= 11 is 0. The third-order valence-electron chi connectivity index (χ3n) is 3.44. The fourth-order valence-corrected chi connectivity index (χ4v) is 2.15. The summed E-state index contributed by atoms with van der Waals surface area (Å²) in [5, 5.41) is 11.8. The van der Waals surface area contributed by atoms with Crippen LogP contribution in [0.2, 0.25) is 0 Å². The molecule has 2 aromatic rings. The summed E-state index contributed by atoms with van der Waals surface area (Å²) in [6.45, 7) is 0.330. The minimum Gasteiger partial charge on any atom is -0.497 e. The Morgan fingerprint density at radius 2 is 2.00 bits per heavy atom. The molecule has 0 aliphatic heterocycles. The fraction of sp³-hybridized carbons (Fsp3) is 0.158. The summed E-state index contributed by atoms with van der Waals surface area (Å²) in [5.41, 5.74) is 2.08. The van der Waals surface area contributed by atoms with Crippen LogP contribution < -0.4 is 14.8 Å². The van der Waals surface area contributed by atoms with Crippen LogP contribution >= 0.6 is 0 Å². The zero-order valence-electron chi connectivity index (χ0n) is 13.6. The lowest BCUT2D eigenvalue weighted by Gasteiger charge is -2.10. The first-order chi connectivity index (χ1) is 11.7. The molecule has 2 aromatic carbocycles. The molecule has 0 fully saturated rings. The number of amides is 1. The number of rotatable bonds is 6. The van der Waals surface area contributed by atoms with Crippen molar-refractivity contribution < 1.29 is 14.3 Å². The average molecular weight is 322 g/mol. The zero-order valence-corrected chi connectivity index (χ0v) is 13.6. The van der Waals surface area contributed by atoms with Gasteiger partial charge < -0.3 is 14.8 Å². The molecule has 0 spiro atoms. The predicted molar refractivity (Wildman–Crippen MR) is 91.6 cm³/mol. The lowest BCUT2D eigenvalue weighted by Crippen LogP contribution is -2.20. The van der Waals surface area contributed by atoms with E-state index in [4.69, 9.17) is 14.7 Å². The molecule has 1 amide bonds. The molecule has 0 aliphatic rings. The van der Waals surface area contributed by atoms with Crippen molar-refractivity contribution >= 4 is 12.0 Å². The standard InChI is InChI=1S/C19H18N2O3/c1-23-17-9-7-16(18(11-17)24-2)13-21-19(22)10-8-14-5-3-4-6-15(14)12-20/h3-11H,13H2,1-2H3,(H,21,22)/b10-8+. The van der Waals surface area contributed by atoms with Gasteiger partial charge in [0.05, 0.1) is 25.9 Å². The number of benzene rings is 2. The van der Waals surface area contributed by atoms with E-state index in [-0.39, 0.29) is 5.91 Å². The van der Waals surface area contributed by atoms with Crippen molar-refractivity contribution in [3.05, 3.63) is 65.2 Å². The van der Waals surface area contributed by atoms with Crippen molar-refractivity contribution in [1.29, 1.82) is 5.26 Å². The van der Waals surface area contributed by atoms with E-state index in [1.165, 1.54) is 6.08 Å². The lowest BCUT2D eigenvalue weighted by molar-refractivity contribution is -0.116. The van der Waals surface area contributed by atoms with Gasteiger partial charge in [0.2, 0.25) is 5.91 Å². The van der Waals surface area contributed by atoms with E-state index in [1.54, 1.807) is 44.6 Å². The minimum absolute atomic E-state index is 0.249. The molecule has 1 N–H and O–H groups in total. The molecule has 24 heavy (non-hydrogen) atoms. The van der Waals surface area contributed by atoms with Gasteiger partial charge in [-0.2, -0.15) is 5.26 Å². The molecule has 0 saturated carbocycles. The maximum absolute atomic E-state index is 12.0. The minimum atomic E-state index is -0.249. The number of nitrogens with zero attached hydrogens (tertiary/aromatic N) is 1. The highest BCUT2D eigenvalue weighted by atomic mass is 16.5. The van der Waals surface area contributed by atoms with E-state index >= 15 is 0 Å². The third-order valence-corrected chi connectivity index (χ3v) is 3.44. The predicted octanol–water partition coefficient (Wildman–Crippen LogP) is 2.91. The van der Waals surface area contributed by atoms with Crippen LogP contribution in [0, 0.1) is 11.3 Å². The fourth-order valence-electron chi connectivity index (χ4n) is 2.15. The van der Waals surface area contributed by atoms with Gasteiger partial charge in [0, 0.05) is 24.3 Å². The zero-order chi connectivity index (χ0) is 17.4. The van der Waals surface area contributed by atoms with E-state index < -0.39 is 0 Å². The maximum atomic E-state index is 12.0. The number of hydrogen-bond acceptors (Lipinski definition) is 4. The molecule has 2 rings (SSSR count). The Balaban J connectivity index is 2.01. The molecule has 0 heterocycles. The van der Waals surface area contributed by atoms with Crippen LogP contribution in [0.5, 0.6) is 11.5 Å². The van der Waals surface area contributed by atoms with E-state index in [1.807, 2.05) is 18.2 Å². The number of carbonyl (C=O) groups excluding carboxylic acids is 1. The topological polar surface area (TPSA) is 71.3 Å². The van der Waals surface area contributed by atoms with E-state index in [9.17, 15) is 4.79 Å². The van der Waals surface area contributed by atoms with Gasteiger partial charge in [0.25, 0.3) is 0 Å². The van der Waals surface area contributed by atoms with Gasteiger partial charge in [-0.25, -0.2) is 0 Å². The molecule has 0 aliphatic carbocycles. The summed E-state index contributed by atoms with van der Waals surface area (Å²) in [5.74, 6) is 1.09. The second-order valence-electron chi connectivity index (χ2n) is 4.93. The van der Waals surface area contributed by atoms with Crippen LogP contribution in [-0.4, -0.2) is 20.1 Å². The van der Waals surface area contributed by atoms with E-state index in [0.29, 0.717) is 29.2 Å². The second kappa shape index (κ2) is 8.39. The molecule has 5 nitrogen and oxygen atoms in total.